The Balaban J connectivity index is 1.79. The van der Waals surface area contributed by atoms with Crippen LogP contribution in [0.4, 0.5) is 0 Å². The topological polar surface area (TPSA) is 24.5 Å². The number of hydrogen-bond acceptors (Lipinski definition) is 3. The molecule has 0 radical (unpaired) electrons. The molecule has 14 heavy (non-hydrogen) atoms. The van der Waals surface area contributed by atoms with E-state index in [1.807, 2.05) is 0 Å². The summed E-state index contributed by atoms with van der Waals surface area (Å²) in [5.74, 6) is 0.865. The van der Waals surface area contributed by atoms with Crippen LogP contribution < -0.4 is 5.32 Å². The molecule has 1 fully saturated rings. The minimum absolute atomic E-state index is 0.865. The van der Waals surface area contributed by atoms with Crippen LogP contribution in [-0.2, 0) is 4.74 Å². The van der Waals surface area contributed by atoms with Gasteiger partial charge in [0.15, 0.2) is 0 Å². The average Bonchev–Trinajstić information content (AvgIpc) is 2.63. The van der Waals surface area contributed by atoms with Crippen molar-refractivity contribution in [3.05, 3.63) is 0 Å². The molecule has 0 spiro atoms. The minimum atomic E-state index is 0.865. The van der Waals surface area contributed by atoms with Gasteiger partial charge in [-0.15, -0.1) is 0 Å². The number of rotatable bonds is 7. The van der Waals surface area contributed by atoms with Crippen LogP contribution in [0.25, 0.3) is 0 Å². The molecule has 84 valence electrons. The normalized spacial score (nSPS) is 22.1. The lowest BCUT2D eigenvalue weighted by Gasteiger charge is -2.11. The van der Waals surface area contributed by atoms with Gasteiger partial charge in [0.1, 0.15) is 0 Å². The van der Waals surface area contributed by atoms with Crippen molar-refractivity contribution >= 4 is 0 Å². The summed E-state index contributed by atoms with van der Waals surface area (Å²) < 4.78 is 5.59. The molecule has 3 nitrogen and oxygen atoms in total. The Kier molecular flexibility index (Phi) is 6.15. The Morgan fingerprint density at radius 2 is 2.21 bits per heavy atom. The summed E-state index contributed by atoms with van der Waals surface area (Å²) in [7, 11) is 4.20. The Bertz CT molecular complexity index is 133. The second-order valence-electron chi connectivity index (χ2n) is 4.42. The van der Waals surface area contributed by atoms with E-state index in [1.165, 1.54) is 25.9 Å². The number of ether oxygens (including phenoxy) is 1. The smallest absolute Gasteiger partial charge is 0.0478 e. The molecular formula is C11H24N2O. The zero-order valence-corrected chi connectivity index (χ0v) is 9.59. The van der Waals surface area contributed by atoms with Gasteiger partial charge in [-0.2, -0.15) is 0 Å². The molecule has 0 aromatic heterocycles. The summed E-state index contributed by atoms with van der Waals surface area (Å²) in [4.78, 5) is 2.20. The van der Waals surface area contributed by atoms with Gasteiger partial charge < -0.3 is 15.0 Å². The lowest BCUT2D eigenvalue weighted by Crippen LogP contribution is -2.15. The second kappa shape index (κ2) is 7.21. The fourth-order valence-corrected chi connectivity index (χ4v) is 1.80. The van der Waals surface area contributed by atoms with E-state index in [0.29, 0.717) is 0 Å². The van der Waals surface area contributed by atoms with Gasteiger partial charge in [0.2, 0.25) is 0 Å². The van der Waals surface area contributed by atoms with Crippen molar-refractivity contribution < 1.29 is 4.74 Å². The predicted molar refractivity (Wildman–Crippen MR) is 59.6 cm³/mol. The zero-order valence-electron chi connectivity index (χ0n) is 9.59. The van der Waals surface area contributed by atoms with Crippen molar-refractivity contribution in [2.45, 2.75) is 19.3 Å². The molecule has 0 aliphatic carbocycles. The summed E-state index contributed by atoms with van der Waals surface area (Å²) in [5, 5.41) is 3.38. The first-order valence-electron chi connectivity index (χ1n) is 5.72. The van der Waals surface area contributed by atoms with Gasteiger partial charge in [0, 0.05) is 13.2 Å². The standard InChI is InChI=1S/C11H24N2O/c1-13(2)7-3-8-14-9-5-11-4-6-12-10-11/h11-12H,3-10H2,1-2H3. The lowest BCUT2D eigenvalue weighted by atomic mass is 10.1. The summed E-state index contributed by atoms with van der Waals surface area (Å²) in [6.45, 7) is 5.38. The van der Waals surface area contributed by atoms with Gasteiger partial charge in [-0.25, -0.2) is 0 Å². The first-order chi connectivity index (χ1) is 6.79. The third-order valence-electron chi connectivity index (χ3n) is 2.73. The van der Waals surface area contributed by atoms with Crippen LogP contribution in [0.1, 0.15) is 19.3 Å². The summed E-state index contributed by atoms with van der Waals surface area (Å²) >= 11 is 0. The van der Waals surface area contributed by atoms with E-state index in [1.54, 1.807) is 0 Å². The molecule has 0 aromatic carbocycles. The van der Waals surface area contributed by atoms with Crippen molar-refractivity contribution in [1.29, 1.82) is 0 Å². The van der Waals surface area contributed by atoms with E-state index in [0.717, 1.165) is 32.1 Å². The highest BCUT2D eigenvalue weighted by atomic mass is 16.5. The Morgan fingerprint density at radius 3 is 2.86 bits per heavy atom. The van der Waals surface area contributed by atoms with Gasteiger partial charge in [-0.3, -0.25) is 0 Å². The lowest BCUT2D eigenvalue weighted by molar-refractivity contribution is 0.114. The summed E-state index contributed by atoms with van der Waals surface area (Å²) in [6.07, 6.45) is 3.71. The van der Waals surface area contributed by atoms with E-state index < -0.39 is 0 Å². The number of nitrogens with one attached hydrogen (secondary N) is 1. The van der Waals surface area contributed by atoms with Gasteiger partial charge in [0.05, 0.1) is 0 Å². The third-order valence-corrected chi connectivity index (χ3v) is 2.73. The van der Waals surface area contributed by atoms with E-state index >= 15 is 0 Å². The van der Waals surface area contributed by atoms with Crippen LogP contribution in [0, 0.1) is 5.92 Å². The van der Waals surface area contributed by atoms with Crippen LogP contribution in [0.15, 0.2) is 0 Å². The van der Waals surface area contributed by atoms with Crippen molar-refractivity contribution in [1.82, 2.24) is 10.2 Å². The monoisotopic (exact) mass is 200 g/mol. The van der Waals surface area contributed by atoms with Crippen molar-refractivity contribution in [2.75, 3.05) is 46.9 Å². The Morgan fingerprint density at radius 1 is 1.36 bits per heavy atom. The maximum Gasteiger partial charge on any atom is 0.0478 e. The van der Waals surface area contributed by atoms with E-state index in [2.05, 4.69) is 24.3 Å². The fraction of sp³-hybridized carbons (Fsp3) is 1.00. The Labute approximate surface area is 87.8 Å². The zero-order chi connectivity index (χ0) is 10.2. The molecule has 1 saturated heterocycles. The first-order valence-corrected chi connectivity index (χ1v) is 5.72. The largest absolute Gasteiger partial charge is 0.381 e. The van der Waals surface area contributed by atoms with E-state index in [9.17, 15) is 0 Å². The number of hydrogen-bond donors (Lipinski definition) is 1. The van der Waals surface area contributed by atoms with E-state index in [4.69, 9.17) is 4.74 Å². The maximum atomic E-state index is 5.59. The van der Waals surface area contributed by atoms with Crippen LogP contribution >= 0.6 is 0 Å². The number of nitrogens with zero attached hydrogens (tertiary/aromatic N) is 1. The third kappa shape index (κ3) is 5.58. The second-order valence-corrected chi connectivity index (χ2v) is 4.42. The van der Waals surface area contributed by atoms with E-state index in [-0.39, 0.29) is 0 Å². The SMILES string of the molecule is CN(C)CCCOCCC1CCNC1. The van der Waals surface area contributed by atoms with Crippen molar-refractivity contribution in [3.63, 3.8) is 0 Å². The molecule has 1 atom stereocenters. The highest BCUT2D eigenvalue weighted by Crippen LogP contribution is 2.11. The molecule has 1 rings (SSSR count). The molecule has 1 unspecified atom stereocenters. The van der Waals surface area contributed by atoms with Crippen LogP contribution in [0.2, 0.25) is 0 Å². The van der Waals surface area contributed by atoms with Crippen molar-refractivity contribution in [3.8, 4) is 0 Å². The maximum absolute atomic E-state index is 5.59. The molecule has 0 saturated carbocycles. The van der Waals surface area contributed by atoms with Gasteiger partial charge in [-0.1, -0.05) is 0 Å². The molecule has 1 aliphatic heterocycles. The molecule has 3 heteroatoms. The molecule has 1 aliphatic rings. The first kappa shape index (κ1) is 12.0. The molecular weight excluding hydrogens is 176 g/mol. The van der Waals surface area contributed by atoms with Crippen LogP contribution in [0.3, 0.4) is 0 Å². The van der Waals surface area contributed by atoms with Crippen LogP contribution in [-0.4, -0.2) is 51.8 Å². The van der Waals surface area contributed by atoms with Crippen molar-refractivity contribution in [2.24, 2.45) is 5.92 Å². The van der Waals surface area contributed by atoms with Gasteiger partial charge in [0.25, 0.3) is 0 Å². The van der Waals surface area contributed by atoms with Crippen LogP contribution in [0.5, 0.6) is 0 Å². The summed E-state index contributed by atoms with van der Waals surface area (Å²) in [6, 6.07) is 0. The molecule has 1 heterocycles. The predicted octanol–water partition coefficient (Wildman–Crippen LogP) is 0.954. The molecule has 0 bridgehead atoms. The molecule has 0 aromatic rings. The Hall–Kier alpha value is -0.120. The molecule has 1 N–H and O–H groups in total. The van der Waals surface area contributed by atoms with Gasteiger partial charge in [-0.05, 0) is 58.9 Å². The fourth-order valence-electron chi connectivity index (χ4n) is 1.80. The molecule has 0 amide bonds. The highest BCUT2D eigenvalue weighted by molar-refractivity contribution is 4.70. The van der Waals surface area contributed by atoms with Gasteiger partial charge >= 0.3 is 0 Å². The highest BCUT2D eigenvalue weighted by Gasteiger charge is 2.13. The average molecular weight is 200 g/mol. The summed E-state index contributed by atoms with van der Waals surface area (Å²) in [5.41, 5.74) is 0. The quantitative estimate of drug-likeness (QED) is 0.619. The minimum Gasteiger partial charge on any atom is -0.381 e.